The minimum atomic E-state index is -0.990. The highest BCUT2D eigenvalue weighted by Gasteiger charge is 2.66. The fraction of sp³-hybridized carbons (Fsp3) is 0.351. The van der Waals surface area contributed by atoms with Crippen molar-refractivity contribution in [3.63, 3.8) is 0 Å². The highest BCUT2D eigenvalue weighted by molar-refractivity contribution is 5.87. The van der Waals surface area contributed by atoms with Gasteiger partial charge in [-0.25, -0.2) is 0 Å². The average molecular weight is 597 g/mol. The summed E-state index contributed by atoms with van der Waals surface area (Å²) in [7, 11) is 0. The summed E-state index contributed by atoms with van der Waals surface area (Å²) >= 11 is 0. The van der Waals surface area contributed by atoms with Crippen LogP contribution in [0.5, 0.6) is 17.2 Å². The van der Waals surface area contributed by atoms with E-state index in [2.05, 4.69) is 32.9 Å². The molecule has 0 aromatic heterocycles. The van der Waals surface area contributed by atoms with E-state index < -0.39 is 16.5 Å². The number of rotatable bonds is 10. The highest BCUT2D eigenvalue weighted by atomic mass is 16.7. The van der Waals surface area contributed by atoms with Crippen molar-refractivity contribution in [2.45, 2.75) is 78.7 Å². The van der Waals surface area contributed by atoms with Crippen LogP contribution in [0, 0.1) is 5.21 Å². The molecular formula is C37H44N2O5. The number of hydroxylamine groups is 2. The first-order valence-electron chi connectivity index (χ1n) is 15.4. The van der Waals surface area contributed by atoms with Gasteiger partial charge in [-0.2, -0.15) is 0 Å². The molecule has 3 aromatic carbocycles. The smallest absolute Gasteiger partial charge is 0.233 e. The number of phenolic OH excluding ortho intramolecular Hbond substituents is 3. The Morgan fingerprint density at radius 2 is 1.55 bits per heavy atom. The van der Waals surface area contributed by atoms with Crippen LogP contribution in [0.2, 0.25) is 0 Å². The molecule has 0 spiro atoms. The number of fused-ring (bicyclic) bond motifs is 4. The van der Waals surface area contributed by atoms with E-state index >= 15 is 5.21 Å². The maximum Gasteiger partial charge on any atom is 0.233 e. The molecule has 3 aromatic rings. The minimum Gasteiger partial charge on any atom is -0.625 e. The number of aromatic hydroxyl groups is 3. The number of allylic oxidation sites excluding steroid dienone is 5. The predicted octanol–water partition coefficient (Wildman–Crippen LogP) is 8.95. The molecule has 0 bridgehead atoms. The van der Waals surface area contributed by atoms with Crippen molar-refractivity contribution in [2.24, 2.45) is 0 Å². The van der Waals surface area contributed by atoms with Gasteiger partial charge in [0.15, 0.2) is 11.3 Å². The number of nitrogens with zero attached hydrogens (tertiary/aromatic N) is 2. The molecule has 5 rings (SSSR count). The highest BCUT2D eigenvalue weighted by Crippen LogP contribution is 2.62. The molecule has 2 heterocycles. The quantitative estimate of drug-likeness (QED) is 0.0935. The van der Waals surface area contributed by atoms with Gasteiger partial charge in [0.25, 0.3) is 0 Å². The number of phenols is 3. The molecule has 7 heteroatoms. The van der Waals surface area contributed by atoms with E-state index in [9.17, 15) is 15.3 Å². The Morgan fingerprint density at radius 1 is 0.864 bits per heavy atom. The first-order chi connectivity index (χ1) is 20.9. The van der Waals surface area contributed by atoms with Crippen LogP contribution in [0.1, 0.15) is 71.4 Å². The second-order valence-electron chi connectivity index (χ2n) is 12.6. The molecule has 0 radical (unpaired) electrons. The topological polar surface area (TPSA) is 99.5 Å². The summed E-state index contributed by atoms with van der Waals surface area (Å²) in [5.41, 5.74) is 5.26. The predicted molar refractivity (Wildman–Crippen MR) is 178 cm³/mol. The zero-order valence-corrected chi connectivity index (χ0v) is 26.4. The second-order valence-corrected chi connectivity index (χ2v) is 12.6. The molecular weight excluding hydrogens is 552 g/mol. The molecule has 7 nitrogen and oxygen atoms in total. The van der Waals surface area contributed by atoms with Gasteiger partial charge in [-0.3, -0.25) is 4.65 Å². The van der Waals surface area contributed by atoms with Gasteiger partial charge in [0.2, 0.25) is 6.23 Å². The van der Waals surface area contributed by atoms with Gasteiger partial charge in [-0.05, 0) is 78.0 Å². The van der Waals surface area contributed by atoms with E-state index in [1.54, 1.807) is 17.0 Å². The molecule has 3 unspecified atom stereocenters. The minimum absolute atomic E-state index is 0.0122. The zero-order valence-electron chi connectivity index (χ0n) is 26.4. The van der Waals surface area contributed by atoms with Crippen LogP contribution in [0.15, 0.2) is 95.6 Å². The fourth-order valence-electron chi connectivity index (χ4n) is 6.23. The summed E-state index contributed by atoms with van der Waals surface area (Å²) in [6.45, 7) is 10.6. The maximum atomic E-state index is 15.2. The molecule has 1 fully saturated rings. The number of anilines is 2. The van der Waals surface area contributed by atoms with Crippen molar-refractivity contribution in [1.82, 2.24) is 4.65 Å². The van der Waals surface area contributed by atoms with Crippen molar-refractivity contribution in [1.29, 1.82) is 0 Å². The number of hydrogen-bond donors (Lipinski definition) is 3. The lowest BCUT2D eigenvalue weighted by Crippen LogP contribution is -2.50. The van der Waals surface area contributed by atoms with Crippen LogP contribution >= 0.6 is 0 Å². The van der Waals surface area contributed by atoms with E-state index in [0.717, 1.165) is 36.8 Å². The van der Waals surface area contributed by atoms with Crippen LogP contribution < -0.4 is 9.55 Å². The van der Waals surface area contributed by atoms with E-state index in [-0.39, 0.29) is 41.7 Å². The van der Waals surface area contributed by atoms with Gasteiger partial charge < -0.3 is 30.2 Å². The molecule has 0 amide bonds. The summed E-state index contributed by atoms with van der Waals surface area (Å²) in [6, 6.07) is 17.6. The van der Waals surface area contributed by atoms with E-state index in [1.165, 1.54) is 23.3 Å². The van der Waals surface area contributed by atoms with Gasteiger partial charge in [0.05, 0.1) is 5.69 Å². The van der Waals surface area contributed by atoms with Crippen LogP contribution in [-0.4, -0.2) is 28.1 Å². The van der Waals surface area contributed by atoms with Crippen molar-refractivity contribution >= 4 is 17.1 Å². The molecule has 232 valence electrons. The summed E-state index contributed by atoms with van der Waals surface area (Å²) in [5.74, 6) is -0.450. The number of benzene rings is 3. The number of para-hydroxylation sites is 1. The van der Waals surface area contributed by atoms with Crippen LogP contribution in [-0.2, 0) is 16.9 Å². The summed E-state index contributed by atoms with van der Waals surface area (Å²) < 4.78 is 5.34. The largest absolute Gasteiger partial charge is 0.625 e. The Bertz CT molecular complexity index is 1610. The van der Waals surface area contributed by atoms with Crippen LogP contribution in [0.3, 0.4) is 0 Å². The molecule has 44 heavy (non-hydrogen) atoms. The SMILES string of the molecule is CC(C)=CCC/C(C)=C/CC/C(C)=C/C[N+]1([O-])c2cc(O)cc(O)c2N(Cc2ccccc2)c2c(O)cccc2C2(C)OC21. The molecule has 1 saturated heterocycles. The Morgan fingerprint density at radius 3 is 2.25 bits per heavy atom. The standard InChI is InChI=1S/C37H44N2O5/c1-25(2)12-9-13-26(3)14-10-15-27(4)20-21-39(43)31-22-29(40)23-33(42)35(31)38(24-28-16-7-6-8-17-28)34-30(18-11-19-32(34)41)37(5)36(39)44-37/h6-8,11-12,14,16-20,22-23,36,40-42H,9-10,13,15,21,24H2,1-5H3/b26-14+,27-20+. The summed E-state index contributed by atoms with van der Waals surface area (Å²) in [4.78, 5) is 1.78. The monoisotopic (exact) mass is 596 g/mol. The van der Waals surface area contributed by atoms with Gasteiger partial charge >= 0.3 is 0 Å². The number of quaternary nitrogens is 1. The number of ether oxygens (including phenoxy) is 1. The van der Waals surface area contributed by atoms with Crippen LogP contribution in [0.25, 0.3) is 0 Å². The lowest BCUT2D eigenvalue weighted by Gasteiger charge is -2.45. The summed E-state index contributed by atoms with van der Waals surface area (Å²) in [5, 5.41) is 48.4. The average Bonchev–Trinajstić information content (AvgIpc) is 3.67. The van der Waals surface area contributed by atoms with Gasteiger partial charge in [-0.1, -0.05) is 71.3 Å². The zero-order chi connectivity index (χ0) is 31.6. The van der Waals surface area contributed by atoms with Crippen LogP contribution in [0.4, 0.5) is 17.1 Å². The molecule has 0 saturated carbocycles. The van der Waals surface area contributed by atoms with Crippen molar-refractivity contribution < 1.29 is 20.1 Å². The lowest BCUT2D eigenvalue weighted by atomic mass is 9.93. The first-order valence-corrected chi connectivity index (χ1v) is 15.4. The Kier molecular flexibility index (Phi) is 8.93. The Balaban J connectivity index is 1.53. The normalized spacial score (nSPS) is 22.8. The van der Waals surface area contributed by atoms with Crippen molar-refractivity contribution in [2.75, 3.05) is 11.4 Å². The molecule has 3 N–H and O–H groups in total. The molecule has 0 aliphatic carbocycles. The number of hydrogen-bond acceptors (Lipinski definition) is 6. The maximum absolute atomic E-state index is 15.2. The van der Waals surface area contributed by atoms with Gasteiger partial charge in [-0.15, -0.1) is 0 Å². The third-order valence-corrected chi connectivity index (χ3v) is 8.72. The summed E-state index contributed by atoms with van der Waals surface area (Å²) in [6.07, 6.45) is 9.41. The molecule has 2 aliphatic rings. The fourth-order valence-corrected chi connectivity index (χ4v) is 6.23. The van der Waals surface area contributed by atoms with Gasteiger partial charge in [0.1, 0.15) is 29.5 Å². The first kappa shape index (κ1) is 31.4. The number of epoxide rings is 1. The Labute approximate surface area is 260 Å². The second kappa shape index (κ2) is 12.5. The van der Waals surface area contributed by atoms with E-state index in [4.69, 9.17) is 4.74 Å². The van der Waals surface area contributed by atoms with E-state index in [1.807, 2.05) is 56.3 Å². The third kappa shape index (κ3) is 6.27. The van der Waals surface area contributed by atoms with Gasteiger partial charge in [0, 0.05) is 24.2 Å². The van der Waals surface area contributed by atoms with E-state index in [0.29, 0.717) is 11.3 Å². The lowest BCUT2D eigenvalue weighted by molar-refractivity contribution is 0.240. The Hall–Kier alpha value is -4.04. The van der Waals surface area contributed by atoms with Crippen molar-refractivity contribution in [3.05, 3.63) is 112 Å². The van der Waals surface area contributed by atoms with Crippen molar-refractivity contribution in [3.8, 4) is 17.2 Å². The third-order valence-electron chi connectivity index (χ3n) is 8.72. The molecule has 3 atom stereocenters. The molecule has 2 aliphatic heterocycles.